The Hall–Kier alpha value is -3.44. The summed E-state index contributed by atoms with van der Waals surface area (Å²) in [5.41, 5.74) is 6.09. The highest BCUT2D eigenvalue weighted by atomic mass is 35.5. The molecule has 1 amide bonds. The molecule has 2 aromatic heterocycles. The molecule has 2 aromatic carbocycles. The number of carbonyl (C=O) groups excluding carboxylic acids is 1. The molecule has 5 nitrogen and oxygen atoms in total. The van der Waals surface area contributed by atoms with Crippen LogP contribution in [0.4, 0.5) is 0 Å². The number of aromatic nitrogens is 2. The van der Waals surface area contributed by atoms with E-state index in [1.807, 2.05) is 48.7 Å². The molecule has 0 aliphatic heterocycles. The summed E-state index contributed by atoms with van der Waals surface area (Å²) in [4.78, 5) is 16.0. The smallest absolute Gasteiger partial charge is 0.271 e. The fourth-order valence-corrected chi connectivity index (χ4v) is 3.24. The molecule has 4 aromatic rings. The Morgan fingerprint density at radius 1 is 1.07 bits per heavy atom. The van der Waals surface area contributed by atoms with Crippen molar-refractivity contribution < 1.29 is 4.79 Å². The van der Waals surface area contributed by atoms with Crippen LogP contribution >= 0.6 is 11.6 Å². The van der Waals surface area contributed by atoms with E-state index in [0.29, 0.717) is 12.1 Å². The lowest BCUT2D eigenvalue weighted by Gasteiger charge is -2.07. The van der Waals surface area contributed by atoms with Gasteiger partial charge in [0.05, 0.1) is 6.21 Å². The summed E-state index contributed by atoms with van der Waals surface area (Å²) in [5, 5.41) is 5.91. The van der Waals surface area contributed by atoms with Crippen molar-refractivity contribution in [1.82, 2.24) is 15.0 Å². The summed E-state index contributed by atoms with van der Waals surface area (Å²) < 4.78 is 2.13. The fraction of sp³-hybridized carbons (Fsp3) is 0.0455. The van der Waals surface area contributed by atoms with Crippen molar-refractivity contribution in [1.29, 1.82) is 0 Å². The van der Waals surface area contributed by atoms with Crippen LogP contribution in [0.1, 0.15) is 21.5 Å². The number of hydrogen-bond acceptors (Lipinski definition) is 3. The third kappa shape index (κ3) is 3.80. The van der Waals surface area contributed by atoms with Gasteiger partial charge in [-0.15, -0.1) is 0 Å². The lowest BCUT2D eigenvalue weighted by atomic mass is 10.2. The van der Waals surface area contributed by atoms with Crippen LogP contribution in [0.3, 0.4) is 0 Å². The summed E-state index contributed by atoms with van der Waals surface area (Å²) in [5.74, 6) is -0.279. The van der Waals surface area contributed by atoms with Crippen molar-refractivity contribution in [3.8, 4) is 0 Å². The van der Waals surface area contributed by atoms with Crippen LogP contribution in [0.2, 0.25) is 5.02 Å². The number of hydrogen-bond donors (Lipinski definition) is 1. The van der Waals surface area contributed by atoms with Crippen LogP contribution in [0.25, 0.3) is 10.9 Å². The molecule has 138 valence electrons. The van der Waals surface area contributed by atoms with E-state index < -0.39 is 0 Å². The van der Waals surface area contributed by atoms with Gasteiger partial charge in [0.15, 0.2) is 0 Å². The van der Waals surface area contributed by atoms with Gasteiger partial charge in [0.2, 0.25) is 0 Å². The average Bonchev–Trinajstić information content (AvgIpc) is 3.08. The summed E-state index contributed by atoms with van der Waals surface area (Å²) in [7, 11) is 0. The number of pyridine rings is 1. The highest BCUT2D eigenvalue weighted by Gasteiger charge is 2.09. The fourth-order valence-electron chi connectivity index (χ4n) is 3.05. The van der Waals surface area contributed by atoms with E-state index in [4.69, 9.17) is 11.6 Å². The minimum atomic E-state index is -0.279. The highest BCUT2D eigenvalue weighted by molar-refractivity contribution is 6.31. The average molecular weight is 389 g/mol. The Bertz CT molecular complexity index is 1150. The van der Waals surface area contributed by atoms with Gasteiger partial charge in [-0.25, -0.2) is 5.43 Å². The van der Waals surface area contributed by atoms with Gasteiger partial charge in [0, 0.05) is 52.2 Å². The number of rotatable bonds is 5. The Morgan fingerprint density at radius 3 is 2.64 bits per heavy atom. The first-order chi connectivity index (χ1) is 13.7. The lowest BCUT2D eigenvalue weighted by Crippen LogP contribution is -2.17. The normalized spacial score (nSPS) is 11.2. The van der Waals surface area contributed by atoms with E-state index in [0.717, 1.165) is 27.1 Å². The quantitative estimate of drug-likeness (QED) is 0.404. The van der Waals surface area contributed by atoms with Crippen molar-refractivity contribution in [2.45, 2.75) is 6.54 Å². The second-order valence-corrected chi connectivity index (χ2v) is 6.66. The van der Waals surface area contributed by atoms with E-state index in [1.54, 1.807) is 30.7 Å². The second kappa shape index (κ2) is 8.06. The molecule has 0 unspecified atom stereocenters. The van der Waals surface area contributed by atoms with Crippen molar-refractivity contribution >= 4 is 34.6 Å². The molecule has 0 aliphatic rings. The number of hydrazone groups is 1. The topological polar surface area (TPSA) is 59.3 Å². The number of carbonyl (C=O) groups is 1. The van der Waals surface area contributed by atoms with Crippen LogP contribution in [-0.2, 0) is 6.54 Å². The van der Waals surface area contributed by atoms with Gasteiger partial charge in [-0.05, 0) is 29.8 Å². The van der Waals surface area contributed by atoms with Gasteiger partial charge in [-0.1, -0.05) is 48.0 Å². The van der Waals surface area contributed by atoms with E-state index in [-0.39, 0.29) is 5.91 Å². The largest absolute Gasteiger partial charge is 0.342 e. The van der Waals surface area contributed by atoms with Crippen molar-refractivity contribution in [3.05, 3.63) is 101 Å². The summed E-state index contributed by atoms with van der Waals surface area (Å²) in [6.07, 6.45) is 6.81. The molecular weight excluding hydrogens is 372 g/mol. The molecule has 2 heterocycles. The van der Waals surface area contributed by atoms with Crippen LogP contribution in [0.5, 0.6) is 0 Å². The molecular formula is C22H17ClN4O. The minimum Gasteiger partial charge on any atom is -0.342 e. The van der Waals surface area contributed by atoms with Crippen molar-refractivity contribution in [2.24, 2.45) is 5.10 Å². The number of nitrogens with one attached hydrogen (secondary N) is 1. The third-order valence-electron chi connectivity index (χ3n) is 4.43. The molecule has 1 N–H and O–H groups in total. The van der Waals surface area contributed by atoms with Gasteiger partial charge in [-0.3, -0.25) is 9.78 Å². The Labute approximate surface area is 167 Å². The van der Waals surface area contributed by atoms with Crippen LogP contribution < -0.4 is 5.43 Å². The highest BCUT2D eigenvalue weighted by Crippen LogP contribution is 2.23. The zero-order valence-corrected chi connectivity index (χ0v) is 15.7. The van der Waals surface area contributed by atoms with Gasteiger partial charge < -0.3 is 4.57 Å². The third-order valence-corrected chi connectivity index (χ3v) is 4.80. The predicted octanol–water partition coefficient (Wildman–Crippen LogP) is 4.50. The van der Waals surface area contributed by atoms with Gasteiger partial charge in [-0.2, -0.15) is 5.10 Å². The van der Waals surface area contributed by atoms with Gasteiger partial charge in [0.1, 0.15) is 0 Å². The maximum absolute atomic E-state index is 12.1. The number of benzene rings is 2. The first-order valence-corrected chi connectivity index (χ1v) is 9.15. The molecule has 0 aliphatic carbocycles. The number of amides is 1. The Morgan fingerprint density at radius 2 is 1.82 bits per heavy atom. The van der Waals surface area contributed by atoms with Crippen molar-refractivity contribution in [2.75, 3.05) is 0 Å². The van der Waals surface area contributed by atoms with E-state index in [2.05, 4.69) is 26.1 Å². The predicted molar refractivity (Wildman–Crippen MR) is 112 cm³/mol. The summed E-state index contributed by atoms with van der Waals surface area (Å²) in [6, 6.07) is 19.1. The number of halogens is 1. The first kappa shape index (κ1) is 17.9. The maximum Gasteiger partial charge on any atom is 0.271 e. The number of fused-ring (bicyclic) bond motifs is 1. The van der Waals surface area contributed by atoms with E-state index in [9.17, 15) is 4.79 Å². The molecule has 0 bridgehead atoms. The van der Waals surface area contributed by atoms with Crippen LogP contribution in [0, 0.1) is 0 Å². The SMILES string of the molecule is O=C(N/N=C\c1cn(Cc2ccccc2Cl)c2ccccc12)c1ccncc1. The standard InChI is InChI=1S/C22H17ClN4O/c23-20-7-3-1-5-17(20)14-27-15-18(19-6-2-4-8-21(19)27)13-25-26-22(28)16-9-11-24-12-10-16/h1-13,15H,14H2,(H,26,28)/b25-13-. The van der Waals surface area contributed by atoms with Gasteiger partial charge in [0.25, 0.3) is 5.91 Å². The molecule has 0 saturated carbocycles. The second-order valence-electron chi connectivity index (χ2n) is 6.26. The monoisotopic (exact) mass is 388 g/mol. The van der Waals surface area contributed by atoms with Crippen LogP contribution in [0.15, 0.2) is 84.4 Å². The maximum atomic E-state index is 12.1. The van der Waals surface area contributed by atoms with Crippen LogP contribution in [-0.4, -0.2) is 21.7 Å². The molecule has 0 atom stereocenters. The molecule has 0 spiro atoms. The molecule has 0 fully saturated rings. The Balaban J connectivity index is 1.59. The first-order valence-electron chi connectivity index (χ1n) is 8.77. The number of nitrogens with zero attached hydrogens (tertiary/aromatic N) is 3. The number of para-hydroxylation sites is 1. The summed E-state index contributed by atoms with van der Waals surface area (Å²) >= 11 is 6.32. The molecule has 0 radical (unpaired) electrons. The zero-order chi connectivity index (χ0) is 19.3. The lowest BCUT2D eigenvalue weighted by molar-refractivity contribution is 0.0955. The zero-order valence-electron chi connectivity index (χ0n) is 14.9. The van der Waals surface area contributed by atoms with Gasteiger partial charge >= 0.3 is 0 Å². The molecule has 0 saturated heterocycles. The minimum absolute atomic E-state index is 0.279. The van der Waals surface area contributed by atoms with Crippen molar-refractivity contribution in [3.63, 3.8) is 0 Å². The van der Waals surface area contributed by atoms with E-state index >= 15 is 0 Å². The molecule has 6 heteroatoms. The molecule has 28 heavy (non-hydrogen) atoms. The van der Waals surface area contributed by atoms with E-state index in [1.165, 1.54) is 0 Å². The Kier molecular flexibility index (Phi) is 5.17. The summed E-state index contributed by atoms with van der Waals surface area (Å²) in [6.45, 7) is 0.650. The molecule has 4 rings (SSSR count).